The second-order valence-corrected chi connectivity index (χ2v) is 4.79. The van der Waals surface area contributed by atoms with E-state index in [2.05, 4.69) is 12.1 Å². The van der Waals surface area contributed by atoms with Crippen LogP contribution in [0.4, 0.5) is 0 Å². The van der Waals surface area contributed by atoms with Crippen molar-refractivity contribution in [2.45, 2.75) is 38.1 Å². The topological polar surface area (TPSA) is 52.3 Å². The summed E-state index contributed by atoms with van der Waals surface area (Å²) < 4.78 is 4.98. The number of fused-ring (bicyclic) bond motifs is 1. The van der Waals surface area contributed by atoms with E-state index in [1.54, 1.807) is 0 Å². The van der Waals surface area contributed by atoms with Gasteiger partial charge in [-0.25, -0.2) is 0 Å². The number of benzene rings is 1. The van der Waals surface area contributed by atoms with Crippen LogP contribution >= 0.6 is 0 Å². The third kappa shape index (κ3) is 2.86. The molecule has 0 fully saturated rings. The summed E-state index contributed by atoms with van der Waals surface area (Å²) in [4.78, 5) is 11.5. The molecule has 3 heteroatoms. The molecule has 92 valence electrons. The highest BCUT2D eigenvalue weighted by molar-refractivity contribution is 5.71. The third-order valence-electron chi connectivity index (χ3n) is 3.35. The summed E-state index contributed by atoms with van der Waals surface area (Å²) in [6.45, 7) is 2.24. The lowest BCUT2D eigenvalue weighted by Crippen LogP contribution is -2.47. The van der Waals surface area contributed by atoms with Crippen LogP contribution in [0.3, 0.4) is 0 Å². The van der Waals surface area contributed by atoms with Gasteiger partial charge in [0.25, 0.3) is 0 Å². The second-order valence-electron chi connectivity index (χ2n) is 4.79. The van der Waals surface area contributed by atoms with E-state index < -0.39 is 5.54 Å². The Hall–Kier alpha value is -1.35. The zero-order valence-corrected chi connectivity index (χ0v) is 10.2. The number of carbonyl (C=O) groups is 1. The standard InChI is InChI=1S/C14H19NO2/c1-2-17-13(16)10-14(15)8-7-11-5-3-4-6-12(11)9-14/h3-6H,2,7-10,15H2,1H3. The van der Waals surface area contributed by atoms with Gasteiger partial charge in [0.15, 0.2) is 0 Å². The van der Waals surface area contributed by atoms with Gasteiger partial charge in [-0.05, 0) is 37.3 Å². The van der Waals surface area contributed by atoms with Crippen LogP contribution < -0.4 is 5.73 Å². The van der Waals surface area contributed by atoms with E-state index in [9.17, 15) is 4.79 Å². The molecule has 1 aromatic rings. The van der Waals surface area contributed by atoms with Crippen molar-refractivity contribution >= 4 is 5.97 Å². The van der Waals surface area contributed by atoms with Gasteiger partial charge in [-0.15, -0.1) is 0 Å². The molecule has 17 heavy (non-hydrogen) atoms. The number of hydrogen-bond donors (Lipinski definition) is 1. The highest BCUT2D eigenvalue weighted by atomic mass is 16.5. The van der Waals surface area contributed by atoms with Crippen LogP contribution in [0.15, 0.2) is 24.3 Å². The Kier molecular flexibility index (Phi) is 3.48. The fraction of sp³-hybridized carbons (Fsp3) is 0.500. The predicted octanol–water partition coefficient (Wildman–Crippen LogP) is 1.83. The smallest absolute Gasteiger partial charge is 0.307 e. The van der Waals surface area contributed by atoms with Gasteiger partial charge in [-0.1, -0.05) is 24.3 Å². The third-order valence-corrected chi connectivity index (χ3v) is 3.35. The maximum absolute atomic E-state index is 11.5. The number of rotatable bonds is 3. The number of hydrogen-bond acceptors (Lipinski definition) is 3. The summed E-state index contributed by atoms with van der Waals surface area (Å²) in [5.41, 5.74) is 8.50. The van der Waals surface area contributed by atoms with E-state index in [0.717, 1.165) is 19.3 Å². The second kappa shape index (κ2) is 4.88. The van der Waals surface area contributed by atoms with Gasteiger partial charge in [0, 0.05) is 5.54 Å². The fourth-order valence-electron chi connectivity index (χ4n) is 2.48. The highest BCUT2D eigenvalue weighted by Crippen LogP contribution is 2.29. The Balaban J connectivity index is 2.07. The first kappa shape index (κ1) is 12.1. The van der Waals surface area contributed by atoms with Crippen molar-refractivity contribution in [3.63, 3.8) is 0 Å². The summed E-state index contributed by atoms with van der Waals surface area (Å²) >= 11 is 0. The molecule has 1 aliphatic rings. The van der Waals surface area contributed by atoms with Crippen LogP contribution in [-0.2, 0) is 22.4 Å². The molecule has 2 rings (SSSR count). The summed E-state index contributed by atoms with van der Waals surface area (Å²) in [5, 5.41) is 0. The molecule has 0 amide bonds. The molecular formula is C14H19NO2. The Morgan fingerprint density at radius 1 is 1.41 bits per heavy atom. The van der Waals surface area contributed by atoms with Crippen molar-refractivity contribution in [1.82, 2.24) is 0 Å². The normalized spacial score (nSPS) is 22.9. The van der Waals surface area contributed by atoms with Crippen LogP contribution in [0, 0.1) is 0 Å². The minimum absolute atomic E-state index is 0.186. The van der Waals surface area contributed by atoms with Crippen molar-refractivity contribution in [2.75, 3.05) is 6.61 Å². The minimum atomic E-state index is -0.430. The van der Waals surface area contributed by atoms with Crippen molar-refractivity contribution in [3.8, 4) is 0 Å². The van der Waals surface area contributed by atoms with Gasteiger partial charge in [-0.2, -0.15) is 0 Å². The SMILES string of the molecule is CCOC(=O)CC1(N)CCc2ccccc2C1. The van der Waals surface area contributed by atoms with E-state index in [4.69, 9.17) is 10.5 Å². The number of esters is 1. The molecule has 0 saturated carbocycles. The first-order valence-electron chi connectivity index (χ1n) is 6.14. The number of nitrogens with two attached hydrogens (primary N) is 1. The molecular weight excluding hydrogens is 214 g/mol. The molecule has 1 unspecified atom stereocenters. The van der Waals surface area contributed by atoms with Crippen LogP contribution in [0.5, 0.6) is 0 Å². The lowest BCUT2D eigenvalue weighted by Gasteiger charge is -2.33. The first-order chi connectivity index (χ1) is 8.13. The van der Waals surface area contributed by atoms with E-state index in [0.29, 0.717) is 13.0 Å². The monoisotopic (exact) mass is 233 g/mol. The molecule has 0 heterocycles. The van der Waals surface area contributed by atoms with Gasteiger partial charge in [0.2, 0.25) is 0 Å². The lowest BCUT2D eigenvalue weighted by atomic mass is 9.77. The molecule has 2 N–H and O–H groups in total. The predicted molar refractivity (Wildman–Crippen MR) is 66.6 cm³/mol. The maximum atomic E-state index is 11.5. The average Bonchev–Trinajstić information content (AvgIpc) is 2.28. The van der Waals surface area contributed by atoms with E-state index in [-0.39, 0.29) is 5.97 Å². The molecule has 1 atom stereocenters. The van der Waals surface area contributed by atoms with Gasteiger partial charge < -0.3 is 10.5 Å². The molecule has 0 aromatic heterocycles. The van der Waals surface area contributed by atoms with Crippen molar-refractivity contribution < 1.29 is 9.53 Å². The average molecular weight is 233 g/mol. The number of carbonyl (C=O) groups excluding carboxylic acids is 1. The molecule has 0 saturated heterocycles. The maximum Gasteiger partial charge on any atom is 0.307 e. The summed E-state index contributed by atoms with van der Waals surface area (Å²) in [7, 11) is 0. The lowest BCUT2D eigenvalue weighted by molar-refractivity contribution is -0.144. The van der Waals surface area contributed by atoms with Crippen molar-refractivity contribution in [1.29, 1.82) is 0 Å². The van der Waals surface area contributed by atoms with Crippen LogP contribution in [0.25, 0.3) is 0 Å². The van der Waals surface area contributed by atoms with Gasteiger partial charge in [-0.3, -0.25) is 4.79 Å². The molecule has 1 aliphatic carbocycles. The van der Waals surface area contributed by atoms with Gasteiger partial charge >= 0.3 is 5.97 Å². The van der Waals surface area contributed by atoms with Crippen molar-refractivity contribution in [2.24, 2.45) is 5.73 Å². The van der Waals surface area contributed by atoms with E-state index >= 15 is 0 Å². The summed E-state index contributed by atoms with van der Waals surface area (Å²) in [6.07, 6.45) is 2.88. The van der Waals surface area contributed by atoms with Gasteiger partial charge in [0.1, 0.15) is 0 Å². The number of ether oxygens (including phenoxy) is 1. The Bertz CT molecular complexity index is 416. The summed E-state index contributed by atoms with van der Waals surface area (Å²) in [5.74, 6) is -0.186. The zero-order chi connectivity index (χ0) is 12.3. The van der Waals surface area contributed by atoms with E-state index in [1.165, 1.54) is 11.1 Å². The number of aryl methyl sites for hydroxylation is 1. The molecule has 1 aromatic carbocycles. The molecule has 0 spiro atoms. The molecule has 0 aliphatic heterocycles. The summed E-state index contributed by atoms with van der Waals surface area (Å²) in [6, 6.07) is 8.31. The Morgan fingerprint density at radius 3 is 2.82 bits per heavy atom. The molecule has 0 bridgehead atoms. The minimum Gasteiger partial charge on any atom is -0.466 e. The highest BCUT2D eigenvalue weighted by Gasteiger charge is 2.32. The molecule has 3 nitrogen and oxygen atoms in total. The van der Waals surface area contributed by atoms with Crippen LogP contribution in [0.2, 0.25) is 0 Å². The largest absolute Gasteiger partial charge is 0.466 e. The zero-order valence-electron chi connectivity index (χ0n) is 10.2. The van der Waals surface area contributed by atoms with Crippen molar-refractivity contribution in [3.05, 3.63) is 35.4 Å². The van der Waals surface area contributed by atoms with E-state index in [1.807, 2.05) is 19.1 Å². The quantitative estimate of drug-likeness (QED) is 0.810. The van der Waals surface area contributed by atoms with Crippen LogP contribution in [0.1, 0.15) is 30.9 Å². The molecule has 0 radical (unpaired) electrons. The Morgan fingerprint density at radius 2 is 2.12 bits per heavy atom. The Labute approximate surface area is 102 Å². The van der Waals surface area contributed by atoms with Crippen LogP contribution in [-0.4, -0.2) is 18.1 Å². The van der Waals surface area contributed by atoms with Gasteiger partial charge in [0.05, 0.1) is 13.0 Å². The fourth-order valence-corrected chi connectivity index (χ4v) is 2.48. The first-order valence-corrected chi connectivity index (χ1v) is 6.14.